The second-order valence-electron chi connectivity index (χ2n) is 6.12. The van der Waals surface area contributed by atoms with Gasteiger partial charge >= 0.3 is 0 Å². The van der Waals surface area contributed by atoms with Crippen LogP contribution in [0.3, 0.4) is 0 Å². The monoisotopic (exact) mass is 341 g/mol. The molecule has 0 fully saturated rings. The summed E-state index contributed by atoms with van der Waals surface area (Å²) in [7, 11) is 1.40. The Morgan fingerprint density at radius 1 is 1.32 bits per heavy atom. The molecule has 0 aliphatic carbocycles. The highest BCUT2D eigenvalue weighted by molar-refractivity contribution is 6.03. The molecule has 2 aromatic rings. The number of hydrogen-bond acceptors (Lipinski definition) is 5. The van der Waals surface area contributed by atoms with Crippen LogP contribution in [-0.2, 0) is 0 Å². The van der Waals surface area contributed by atoms with Crippen LogP contribution >= 0.6 is 0 Å². The number of nitrogens with one attached hydrogen (secondary N) is 1. The van der Waals surface area contributed by atoms with Gasteiger partial charge in [0.05, 0.1) is 18.4 Å². The molecule has 0 bridgehead atoms. The number of para-hydroxylation sites is 1. The zero-order chi connectivity index (χ0) is 17.6. The summed E-state index contributed by atoms with van der Waals surface area (Å²) in [4.78, 5) is 25.7. The predicted molar refractivity (Wildman–Crippen MR) is 90.1 cm³/mol. The van der Waals surface area contributed by atoms with Crippen molar-refractivity contribution in [3.05, 3.63) is 63.8 Å². The first-order valence-electron chi connectivity index (χ1n) is 8.00. The lowest BCUT2D eigenvalue weighted by Crippen LogP contribution is -2.49. The minimum Gasteiger partial charge on any atom is -0.494 e. The molecule has 0 aromatic heterocycles. The lowest BCUT2D eigenvalue weighted by atomic mass is 9.90. The number of nitrogens with zero attached hydrogens (tertiary/aromatic N) is 2. The van der Waals surface area contributed by atoms with Gasteiger partial charge < -0.3 is 15.0 Å². The Morgan fingerprint density at radius 2 is 2.16 bits per heavy atom. The molecule has 128 valence electrons. The summed E-state index contributed by atoms with van der Waals surface area (Å²) in [5, 5.41) is 6.12. The van der Waals surface area contributed by atoms with Gasteiger partial charge in [0.25, 0.3) is 5.91 Å². The summed E-state index contributed by atoms with van der Waals surface area (Å²) < 4.78 is 19.1. The first-order chi connectivity index (χ1) is 12.1. The van der Waals surface area contributed by atoms with Crippen LogP contribution < -0.4 is 15.0 Å². The highest BCUT2D eigenvalue weighted by atomic mass is 19.1. The third kappa shape index (κ3) is 2.34. The fourth-order valence-electron chi connectivity index (χ4n) is 3.63. The fourth-order valence-corrected chi connectivity index (χ4v) is 3.63. The number of anilines is 1. The minimum atomic E-state index is -0.505. The normalized spacial score (nSPS) is 21.4. The van der Waals surface area contributed by atoms with Crippen LogP contribution in [0, 0.1) is 10.7 Å². The summed E-state index contributed by atoms with van der Waals surface area (Å²) in [5.74, 6) is -0.588. The number of nitroso groups, excluding NO2 is 1. The van der Waals surface area contributed by atoms with Crippen molar-refractivity contribution in [1.82, 2.24) is 5.32 Å². The van der Waals surface area contributed by atoms with Crippen molar-refractivity contribution in [3.8, 4) is 5.75 Å². The first-order valence-corrected chi connectivity index (χ1v) is 8.00. The van der Waals surface area contributed by atoms with Gasteiger partial charge in [0.1, 0.15) is 12.2 Å². The van der Waals surface area contributed by atoms with E-state index in [0.717, 1.165) is 5.56 Å². The van der Waals surface area contributed by atoms with Crippen LogP contribution in [0.2, 0.25) is 0 Å². The van der Waals surface area contributed by atoms with E-state index in [1.54, 1.807) is 18.2 Å². The molecule has 1 N–H and O–H groups in total. The van der Waals surface area contributed by atoms with Crippen LogP contribution in [0.5, 0.6) is 5.75 Å². The predicted octanol–water partition coefficient (Wildman–Crippen LogP) is 3.29. The Kier molecular flexibility index (Phi) is 3.63. The Balaban J connectivity index is 1.82. The highest BCUT2D eigenvalue weighted by Gasteiger charge is 2.38. The molecular formula is C18H16FN3O3. The molecule has 2 aliphatic heterocycles. The maximum absolute atomic E-state index is 14.1. The van der Waals surface area contributed by atoms with Crippen molar-refractivity contribution in [3.63, 3.8) is 0 Å². The largest absolute Gasteiger partial charge is 0.494 e. The molecule has 2 unspecified atom stereocenters. The minimum absolute atomic E-state index is 0.149. The molecule has 2 aliphatic rings. The topological polar surface area (TPSA) is 71.0 Å². The van der Waals surface area contributed by atoms with E-state index in [1.807, 2.05) is 11.0 Å². The molecular weight excluding hydrogens is 325 g/mol. The van der Waals surface area contributed by atoms with Crippen LogP contribution in [0.25, 0.3) is 0 Å². The van der Waals surface area contributed by atoms with Crippen molar-refractivity contribution in [2.45, 2.75) is 18.6 Å². The lowest BCUT2D eigenvalue weighted by molar-refractivity contribution is 0.0925. The third-order valence-corrected chi connectivity index (χ3v) is 4.80. The maximum Gasteiger partial charge on any atom is 0.255 e. The van der Waals surface area contributed by atoms with Gasteiger partial charge in [-0.1, -0.05) is 23.4 Å². The summed E-state index contributed by atoms with van der Waals surface area (Å²) in [6.07, 6.45) is 0.0412. The molecule has 7 heteroatoms. The first kappa shape index (κ1) is 15.6. The molecule has 6 nitrogen and oxygen atoms in total. The average molecular weight is 341 g/mol. The number of carbonyl (C=O) groups excluding carboxylic acids is 1. The standard InChI is InChI=1S/C18H16FN3O3/c1-25-15-6-5-10(9-13(15)19)17-20-18(23)12-4-2-3-11-14(21-24)7-8-22(17)16(11)12/h2-6,9,14,17H,7-8H2,1H3,(H,20,23). The quantitative estimate of drug-likeness (QED) is 0.870. The zero-order valence-electron chi connectivity index (χ0n) is 13.5. The second-order valence-corrected chi connectivity index (χ2v) is 6.12. The molecule has 0 spiro atoms. The van der Waals surface area contributed by atoms with Gasteiger partial charge in [0.15, 0.2) is 11.6 Å². The zero-order valence-corrected chi connectivity index (χ0v) is 13.5. The SMILES string of the molecule is COc1ccc(C2NC(=O)c3cccc4c3N2CCC4N=O)cc1F. The van der Waals surface area contributed by atoms with E-state index < -0.39 is 18.0 Å². The van der Waals surface area contributed by atoms with E-state index >= 15 is 0 Å². The molecule has 2 aromatic carbocycles. The number of carbonyl (C=O) groups is 1. The van der Waals surface area contributed by atoms with Crippen LogP contribution in [0.1, 0.15) is 40.1 Å². The van der Waals surface area contributed by atoms with E-state index in [-0.39, 0.29) is 11.7 Å². The fraction of sp³-hybridized carbons (Fsp3) is 0.278. The van der Waals surface area contributed by atoms with Crippen molar-refractivity contribution in [1.29, 1.82) is 0 Å². The van der Waals surface area contributed by atoms with Crippen molar-refractivity contribution in [2.75, 3.05) is 18.6 Å². The molecule has 0 radical (unpaired) electrons. The Hall–Kier alpha value is -2.96. The van der Waals surface area contributed by atoms with E-state index in [0.29, 0.717) is 29.8 Å². The Morgan fingerprint density at radius 3 is 2.88 bits per heavy atom. The second kappa shape index (κ2) is 5.84. The van der Waals surface area contributed by atoms with E-state index in [9.17, 15) is 14.1 Å². The highest BCUT2D eigenvalue weighted by Crippen LogP contribution is 2.44. The molecule has 2 heterocycles. The molecule has 4 rings (SSSR count). The van der Waals surface area contributed by atoms with Crippen molar-refractivity contribution in [2.24, 2.45) is 5.18 Å². The van der Waals surface area contributed by atoms with E-state index in [4.69, 9.17) is 4.74 Å². The number of amides is 1. The van der Waals surface area contributed by atoms with Gasteiger partial charge in [0, 0.05) is 12.1 Å². The summed E-state index contributed by atoms with van der Waals surface area (Å²) in [6, 6.07) is 9.46. The third-order valence-electron chi connectivity index (χ3n) is 4.80. The van der Waals surface area contributed by atoms with Gasteiger partial charge in [-0.2, -0.15) is 4.91 Å². The summed E-state index contributed by atoms with van der Waals surface area (Å²) >= 11 is 0. The summed E-state index contributed by atoms with van der Waals surface area (Å²) in [6.45, 7) is 0.541. The summed E-state index contributed by atoms with van der Waals surface area (Å²) in [5.41, 5.74) is 2.58. The van der Waals surface area contributed by atoms with Crippen LogP contribution in [0.15, 0.2) is 41.6 Å². The van der Waals surface area contributed by atoms with E-state index in [1.165, 1.54) is 19.2 Å². The number of methoxy groups -OCH3 is 1. The number of halogens is 1. The molecule has 2 atom stereocenters. The van der Waals surface area contributed by atoms with E-state index in [2.05, 4.69) is 10.5 Å². The smallest absolute Gasteiger partial charge is 0.255 e. The van der Waals surface area contributed by atoms with Gasteiger partial charge in [-0.3, -0.25) is 4.79 Å². The number of rotatable bonds is 3. The molecule has 0 saturated carbocycles. The Labute approximate surface area is 143 Å². The van der Waals surface area contributed by atoms with Crippen LogP contribution in [-0.4, -0.2) is 19.6 Å². The van der Waals surface area contributed by atoms with Gasteiger partial charge in [-0.15, -0.1) is 0 Å². The number of ether oxygens (including phenoxy) is 1. The number of hydrogen-bond donors (Lipinski definition) is 1. The Bertz CT molecular complexity index is 871. The van der Waals surface area contributed by atoms with Crippen molar-refractivity contribution < 1.29 is 13.9 Å². The van der Waals surface area contributed by atoms with Crippen LogP contribution in [0.4, 0.5) is 10.1 Å². The average Bonchev–Trinajstić information content (AvgIpc) is 2.64. The van der Waals surface area contributed by atoms with Gasteiger partial charge in [-0.05, 0) is 30.2 Å². The van der Waals surface area contributed by atoms with Gasteiger partial charge in [0.2, 0.25) is 0 Å². The maximum atomic E-state index is 14.1. The molecule has 0 saturated heterocycles. The lowest BCUT2D eigenvalue weighted by Gasteiger charge is -2.43. The van der Waals surface area contributed by atoms with Crippen molar-refractivity contribution >= 4 is 11.6 Å². The van der Waals surface area contributed by atoms with Gasteiger partial charge in [-0.25, -0.2) is 4.39 Å². The molecule has 1 amide bonds. The molecule has 25 heavy (non-hydrogen) atoms. The number of benzene rings is 2.